The first-order chi connectivity index (χ1) is 11.9. The number of amides is 1. The lowest BCUT2D eigenvalue weighted by molar-refractivity contribution is -0.142. The van der Waals surface area contributed by atoms with Crippen molar-refractivity contribution < 1.29 is 27.5 Å². The Morgan fingerprint density at radius 2 is 1.96 bits per heavy atom. The molecule has 0 spiro atoms. The maximum atomic E-state index is 13.0. The van der Waals surface area contributed by atoms with Crippen LogP contribution in [0.25, 0.3) is 0 Å². The molecular formula is C17H21NO6S. The molecule has 0 bridgehead atoms. The summed E-state index contributed by atoms with van der Waals surface area (Å²) in [5.41, 5.74) is 0.429. The first-order valence-corrected chi connectivity index (χ1v) is 10.0. The molecule has 1 atom stereocenters. The summed E-state index contributed by atoms with van der Waals surface area (Å²) in [6.45, 7) is -0.235. The zero-order chi connectivity index (χ0) is 18.0. The maximum Gasteiger partial charge on any atom is 0.343 e. The lowest BCUT2D eigenvalue weighted by Crippen LogP contribution is -2.42. The van der Waals surface area contributed by atoms with E-state index in [0.717, 1.165) is 12.8 Å². The van der Waals surface area contributed by atoms with Crippen LogP contribution < -0.4 is 4.74 Å². The Hall–Kier alpha value is -2.09. The molecule has 2 aliphatic rings. The van der Waals surface area contributed by atoms with Crippen LogP contribution in [0.3, 0.4) is 0 Å². The lowest BCUT2D eigenvalue weighted by Gasteiger charge is -2.28. The summed E-state index contributed by atoms with van der Waals surface area (Å²) in [6, 6.07) is 6.43. The fraction of sp³-hybridized carbons (Fsp3) is 0.529. The van der Waals surface area contributed by atoms with Gasteiger partial charge in [-0.2, -0.15) is 0 Å². The summed E-state index contributed by atoms with van der Waals surface area (Å²) in [5, 5.41) is 0. The minimum atomic E-state index is -3.06. The third-order valence-electron chi connectivity index (χ3n) is 4.44. The third kappa shape index (κ3) is 4.31. The molecule has 0 aromatic heterocycles. The average molecular weight is 367 g/mol. The smallest absolute Gasteiger partial charge is 0.343 e. The fourth-order valence-electron chi connectivity index (χ4n) is 3.05. The van der Waals surface area contributed by atoms with E-state index in [0.29, 0.717) is 17.7 Å². The van der Waals surface area contributed by atoms with Crippen molar-refractivity contribution in [1.82, 2.24) is 4.90 Å². The molecule has 3 rings (SSSR count). The number of ether oxygens (including phenoxy) is 2. The number of hydrogen-bond donors (Lipinski definition) is 0. The molecule has 1 aromatic carbocycles. The van der Waals surface area contributed by atoms with Gasteiger partial charge < -0.3 is 14.4 Å². The largest absolute Gasteiger partial charge is 0.482 e. The van der Waals surface area contributed by atoms with Crippen LogP contribution >= 0.6 is 0 Å². The van der Waals surface area contributed by atoms with E-state index in [9.17, 15) is 18.0 Å². The number of carbonyl (C=O) groups is 2. The van der Waals surface area contributed by atoms with Gasteiger partial charge in [-0.15, -0.1) is 0 Å². The Balaban J connectivity index is 1.75. The van der Waals surface area contributed by atoms with E-state index in [-0.39, 0.29) is 36.1 Å². The van der Waals surface area contributed by atoms with Crippen LogP contribution in [0.4, 0.5) is 0 Å². The highest BCUT2D eigenvalue weighted by atomic mass is 32.2. The Morgan fingerprint density at radius 1 is 1.20 bits per heavy atom. The molecule has 8 heteroatoms. The van der Waals surface area contributed by atoms with Crippen LogP contribution in [0.1, 0.15) is 29.6 Å². The monoisotopic (exact) mass is 367 g/mol. The van der Waals surface area contributed by atoms with E-state index in [1.165, 1.54) is 7.11 Å². The summed E-state index contributed by atoms with van der Waals surface area (Å²) in [4.78, 5) is 25.8. The van der Waals surface area contributed by atoms with Crippen molar-refractivity contribution in [2.24, 2.45) is 0 Å². The number of esters is 1. The summed E-state index contributed by atoms with van der Waals surface area (Å²) in [5.74, 6) is -0.129. The molecule has 1 heterocycles. The van der Waals surface area contributed by atoms with Crippen molar-refractivity contribution in [1.29, 1.82) is 0 Å². The summed E-state index contributed by atoms with van der Waals surface area (Å²) in [6.07, 6.45) is 2.30. The Bertz CT molecular complexity index is 771. The summed E-state index contributed by atoms with van der Waals surface area (Å²) < 4.78 is 33.4. The first-order valence-electron chi connectivity index (χ1n) is 8.22. The van der Waals surface area contributed by atoms with Gasteiger partial charge in [0, 0.05) is 17.6 Å². The first kappa shape index (κ1) is 17.7. The molecule has 25 heavy (non-hydrogen) atoms. The Kier molecular flexibility index (Phi) is 4.99. The fourth-order valence-corrected chi connectivity index (χ4v) is 4.76. The SMILES string of the molecule is COC(=O)COc1cccc(C(=O)N(C2CC2)C2CCS(=O)(=O)C2)c1. The zero-order valence-electron chi connectivity index (χ0n) is 14.0. The Morgan fingerprint density at radius 3 is 2.56 bits per heavy atom. The van der Waals surface area contributed by atoms with Gasteiger partial charge >= 0.3 is 5.97 Å². The number of hydrogen-bond acceptors (Lipinski definition) is 6. The third-order valence-corrected chi connectivity index (χ3v) is 6.19. The molecule has 1 aliphatic heterocycles. The molecule has 1 amide bonds. The molecule has 136 valence electrons. The standard InChI is InChI=1S/C17H21NO6S/c1-23-16(19)10-24-15-4-2-3-12(9-15)17(20)18(13-5-6-13)14-7-8-25(21,22)11-14/h2-4,9,13-14H,5-8,10-11H2,1H3. The van der Waals surface area contributed by atoms with Crippen molar-refractivity contribution in [3.63, 3.8) is 0 Å². The van der Waals surface area contributed by atoms with Crippen molar-refractivity contribution in [2.75, 3.05) is 25.2 Å². The second-order valence-corrected chi connectivity index (χ2v) is 8.62. The van der Waals surface area contributed by atoms with E-state index in [1.54, 1.807) is 29.2 Å². The van der Waals surface area contributed by atoms with Crippen molar-refractivity contribution in [3.8, 4) is 5.75 Å². The van der Waals surface area contributed by atoms with Crippen LogP contribution in [0.2, 0.25) is 0 Å². The molecule has 1 saturated carbocycles. The number of carbonyl (C=O) groups excluding carboxylic acids is 2. The van der Waals surface area contributed by atoms with E-state index in [1.807, 2.05) is 0 Å². The molecule has 2 fully saturated rings. The predicted octanol–water partition coefficient (Wildman–Crippen LogP) is 1.03. The second kappa shape index (κ2) is 7.03. The van der Waals surface area contributed by atoms with Crippen molar-refractivity contribution in [2.45, 2.75) is 31.3 Å². The number of rotatable bonds is 6. The van der Waals surface area contributed by atoms with Gasteiger partial charge in [-0.3, -0.25) is 4.79 Å². The van der Waals surface area contributed by atoms with Crippen LogP contribution in [-0.2, 0) is 19.4 Å². The highest BCUT2D eigenvalue weighted by Crippen LogP contribution is 2.33. The minimum absolute atomic E-state index is 0.0355. The van der Waals surface area contributed by atoms with Gasteiger partial charge in [0.1, 0.15) is 5.75 Å². The van der Waals surface area contributed by atoms with Gasteiger partial charge in [0.25, 0.3) is 5.91 Å². The molecule has 1 saturated heterocycles. The molecule has 0 radical (unpaired) electrons. The van der Waals surface area contributed by atoms with Crippen LogP contribution in [0.5, 0.6) is 5.75 Å². The van der Waals surface area contributed by atoms with Crippen LogP contribution in [0.15, 0.2) is 24.3 Å². The van der Waals surface area contributed by atoms with E-state index < -0.39 is 15.8 Å². The highest BCUT2D eigenvalue weighted by Gasteiger charge is 2.42. The van der Waals surface area contributed by atoms with Crippen molar-refractivity contribution in [3.05, 3.63) is 29.8 Å². The van der Waals surface area contributed by atoms with Gasteiger partial charge in [0.05, 0.1) is 18.6 Å². The quantitative estimate of drug-likeness (QED) is 0.698. The summed E-state index contributed by atoms with van der Waals surface area (Å²) >= 11 is 0. The van der Waals surface area contributed by atoms with Gasteiger partial charge in [0.2, 0.25) is 0 Å². The van der Waals surface area contributed by atoms with E-state index >= 15 is 0 Å². The van der Waals surface area contributed by atoms with E-state index in [4.69, 9.17) is 4.74 Å². The van der Waals surface area contributed by atoms with Gasteiger partial charge in [-0.1, -0.05) is 6.07 Å². The second-order valence-electron chi connectivity index (χ2n) is 6.39. The van der Waals surface area contributed by atoms with Crippen LogP contribution in [-0.4, -0.2) is 62.5 Å². The molecule has 7 nitrogen and oxygen atoms in total. The maximum absolute atomic E-state index is 13.0. The minimum Gasteiger partial charge on any atom is -0.482 e. The van der Waals surface area contributed by atoms with Gasteiger partial charge in [-0.05, 0) is 37.5 Å². The molecule has 0 N–H and O–H groups in total. The Labute approximate surface area is 146 Å². The number of methoxy groups -OCH3 is 1. The zero-order valence-corrected chi connectivity index (χ0v) is 14.8. The van der Waals surface area contributed by atoms with E-state index in [2.05, 4.69) is 4.74 Å². The molecule has 1 aromatic rings. The lowest BCUT2D eigenvalue weighted by atomic mass is 10.1. The molecule has 1 unspecified atom stereocenters. The van der Waals surface area contributed by atoms with Gasteiger partial charge in [-0.25, -0.2) is 13.2 Å². The number of nitrogens with zero attached hydrogens (tertiary/aromatic N) is 1. The normalized spacial score (nSPS) is 21.6. The number of sulfone groups is 1. The highest BCUT2D eigenvalue weighted by molar-refractivity contribution is 7.91. The van der Waals surface area contributed by atoms with Gasteiger partial charge in [0.15, 0.2) is 16.4 Å². The molecule has 1 aliphatic carbocycles. The molecular weight excluding hydrogens is 346 g/mol. The predicted molar refractivity (Wildman–Crippen MR) is 90.2 cm³/mol. The average Bonchev–Trinajstić information content (AvgIpc) is 3.36. The topological polar surface area (TPSA) is 90.0 Å². The van der Waals surface area contributed by atoms with Crippen LogP contribution in [0, 0.1) is 0 Å². The summed E-state index contributed by atoms with van der Waals surface area (Å²) in [7, 11) is -1.79. The number of benzene rings is 1. The van der Waals surface area contributed by atoms with Crippen molar-refractivity contribution >= 4 is 21.7 Å².